The van der Waals surface area contributed by atoms with Crippen LogP contribution in [-0.4, -0.2) is 32.3 Å². The molecule has 0 aliphatic heterocycles. The first-order valence-corrected chi connectivity index (χ1v) is 4.59. The predicted octanol–water partition coefficient (Wildman–Crippen LogP) is -3.48. The van der Waals surface area contributed by atoms with Gasteiger partial charge in [-0.2, -0.15) is 10.2 Å². The van der Waals surface area contributed by atoms with Gasteiger partial charge in [-0.15, -0.1) is 10.2 Å². The first-order valence-electron chi connectivity index (χ1n) is 4.59. The topological polar surface area (TPSA) is 222 Å². The molecule has 0 unspecified atom stereocenters. The van der Waals surface area contributed by atoms with Crippen molar-refractivity contribution in [3.05, 3.63) is 48.0 Å². The van der Waals surface area contributed by atoms with E-state index in [4.69, 9.17) is 0 Å². The van der Waals surface area contributed by atoms with Gasteiger partial charge in [-0.25, -0.2) is 0 Å². The molecule has 0 radical (unpaired) electrons. The van der Waals surface area contributed by atoms with E-state index in [0.29, 0.717) is 0 Å². The molecule has 2 aromatic heterocycles. The van der Waals surface area contributed by atoms with Gasteiger partial charge < -0.3 is 36.2 Å². The van der Waals surface area contributed by atoms with E-state index < -0.39 is 11.9 Å². The molecule has 0 saturated carbocycles. The van der Waals surface area contributed by atoms with Crippen molar-refractivity contribution in [2.45, 2.75) is 0 Å². The molecular formula is C10H9N4O7U-5. The van der Waals surface area contributed by atoms with Crippen LogP contribution in [0, 0.1) is 31.1 Å². The summed E-state index contributed by atoms with van der Waals surface area (Å²) in [6.45, 7) is 0. The van der Waals surface area contributed by atoms with E-state index in [1.54, 1.807) is 0 Å². The van der Waals surface area contributed by atoms with Crippen LogP contribution in [0.1, 0.15) is 21.0 Å². The van der Waals surface area contributed by atoms with Crippen LogP contribution in [0.2, 0.25) is 0 Å². The van der Waals surface area contributed by atoms with Crippen LogP contribution in [0.5, 0.6) is 0 Å². The number of nitrogens with zero attached hydrogens (tertiary/aromatic N) is 4. The number of carbonyl (C=O) groups excluding carboxylic acids is 2. The molecule has 22 heavy (non-hydrogen) atoms. The van der Waals surface area contributed by atoms with E-state index in [1.807, 2.05) is 0 Å². The fourth-order valence-corrected chi connectivity index (χ4v) is 0.821. The standard InChI is InChI=1S/2C5H4N2O2.H2O.2O.U/c2*8-5(9)4-2-1-3-6-7-4;;;;/h2*1-3H,(H,8,9);1H2;;;/q;;;2*-2;/p-1. The number of carboxylic acids is 2. The van der Waals surface area contributed by atoms with E-state index in [0.717, 1.165) is 0 Å². The maximum Gasteiger partial charge on any atom is 0.108 e. The number of carbonyl (C=O) groups is 2. The molecular weight excluding hydrogens is 526 g/mol. The van der Waals surface area contributed by atoms with E-state index in [2.05, 4.69) is 20.4 Å². The predicted molar refractivity (Wildman–Crippen MR) is 59.0 cm³/mol. The monoisotopic (exact) mass is 535 g/mol. The van der Waals surface area contributed by atoms with Gasteiger partial charge in [0.15, 0.2) is 0 Å². The van der Waals surface area contributed by atoms with Crippen molar-refractivity contribution in [3.8, 4) is 0 Å². The van der Waals surface area contributed by atoms with Crippen molar-refractivity contribution in [1.82, 2.24) is 20.4 Å². The number of hydrogen-bond acceptors (Lipinski definition) is 8. The summed E-state index contributed by atoms with van der Waals surface area (Å²) >= 11 is 0. The third-order valence-corrected chi connectivity index (χ3v) is 1.56. The van der Waals surface area contributed by atoms with Crippen LogP contribution in [0.3, 0.4) is 0 Å². The van der Waals surface area contributed by atoms with Gasteiger partial charge in [0.1, 0.15) is 11.4 Å². The Morgan fingerprint density at radius 2 is 1.14 bits per heavy atom. The molecule has 0 spiro atoms. The van der Waals surface area contributed by atoms with Gasteiger partial charge in [0.2, 0.25) is 0 Å². The normalized spacial score (nSPS) is 7.27. The fourth-order valence-electron chi connectivity index (χ4n) is 0.821. The summed E-state index contributed by atoms with van der Waals surface area (Å²) in [5.74, 6) is -2.61. The van der Waals surface area contributed by atoms with Gasteiger partial charge in [0.05, 0.1) is 11.9 Å². The Morgan fingerprint density at radius 1 is 0.818 bits per heavy atom. The van der Waals surface area contributed by atoms with E-state index >= 15 is 0 Å². The van der Waals surface area contributed by atoms with Crippen LogP contribution in [0.25, 0.3) is 0 Å². The van der Waals surface area contributed by atoms with Crippen LogP contribution in [-0.2, 0) is 16.4 Å². The van der Waals surface area contributed by atoms with Crippen LogP contribution < -0.4 is 10.2 Å². The zero-order valence-electron chi connectivity index (χ0n) is 10.8. The first kappa shape index (κ1) is 28.2. The third-order valence-electron chi connectivity index (χ3n) is 1.56. The summed E-state index contributed by atoms with van der Waals surface area (Å²) in [5, 5.41) is 33.2. The molecule has 11 nitrogen and oxygen atoms in total. The SMILES string of the molecule is O=C([O-])c1cccnn1.O=C([O-])c1cccnn1.[O-2].[O-2].[OH3+].[U]. The first-order chi connectivity index (χ1) is 8.61. The Morgan fingerprint density at radius 3 is 1.27 bits per heavy atom. The summed E-state index contributed by atoms with van der Waals surface area (Å²) in [6.07, 6.45) is 2.79. The van der Waals surface area contributed by atoms with Crippen molar-refractivity contribution in [2.24, 2.45) is 0 Å². The number of rotatable bonds is 2. The molecule has 12 heteroatoms. The minimum absolute atomic E-state index is 0. The number of hydrogen-bond donors (Lipinski definition) is 0. The maximum atomic E-state index is 9.99. The molecule has 0 amide bonds. The summed E-state index contributed by atoms with van der Waals surface area (Å²) < 4.78 is 0. The van der Waals surface area contributed by atoms with Gasteiger partial charge >= 0.3 is 0 Å². The molecule has 0 atom stereocenters. The summed E-state index contributed by atoms with van der Waals surface area (Å²) in [6, 6.07) is 5.61. The molecule has 2 aromatic rings. The molecule has 2 heterocycles. The summed E-state index contributed by atoms with van der Waals surface area (Å²) in [5.41, 5.74) is -0.282. The zero-order valence-corrected chi connectivity index (χ0v) is 14.9. The van der Waals surface area contributed by atoms with Crippen LogP contribution >= 0.6 is 0 Å². The second kappa shape index (κ2) is 15.4. The largest absolute Gasteiger partial charge is 2.00 e. The van der Waals surface area contributed by atoms with Gasteiger partial charge in [0, 0.05) is 43.5 Å². The van der Waals surface area contributed by atoms with Crippen molar-refractivity contribution in [2.75, 3.05) is 0 Å². The minimum Gasteiger partial charge on any atom is -2.00 e. The quantitative estimate of drug-likeness (QED) is 0.350. The molecule has 0 aliphatic rings. The number of aromatic carboxylic acids is 2. The van der Waals surface area contributed by atoms with Crippen LogP contribution in [0.15, 0.2) is 36.7 Å². The van der Waals surface area contributed by atoms with Gasteiger partial charge in [-0.05, 0) is 24.3 Å². The zero-order chi connectivity index (χ0) is 13.4. The average Bonchev–Trinajstić information content (AvgIpc) is 2.41. The van der Waals surface area contributed by atoms with Crippen molar-refractivity contribution in [3.63, 3.8) is 0 Å². The Kier molecular flexibility index (Phi) is 19.8. The van der Waals surface area contributed by atoms with Crippen LogP contribution in [0.4, 0.5) is 0 Å². The summed E-state index contributed by atoms with van der Waals surface area (Å²) in [7, 11) is 0. The molecule has 0 aromatic carbocycles. The van der Waals surface area contributed by atoms with Crippen molar-refractivity contribution < 1.29 is 67.3 Å². The van der Waals surface area contributed by atoms with Gasteiger partial charge in [-0.3, -0.25) is 0 Å². The minimum atomic E-state index is -1.30. The van der Waals surface area contributed by atoms with E-state index in [1.165, 1.54) is 36.7 Å². The smallest absolute Gasteiger partial charge is 0.108 e. The Bertz CT molecular complexity index is 480. The van der Waals surface area contributed by atoms with Gasteiger partial charge in [-0.1, -0.05) is 0 Å². The molecule has 120 valence electrons. The molecule has 0 aliphatic carbocycles. The third kappa shape index (κ3) is 10.8. The van der Waals surface area contributed by atoms with E-state index in [9.17, 15) is 19.8 Å². The van der Waals surface area contributed by atoms with Crippen molar-refractivity contribution >= 4 is 11.9 Å². The Labute approximate surface area is 147 Å². The molecule has 0 bridgehead atoms. The number of carboxylic acid groups (broad SMARTS) is 2. The molecule has 0 saturated heterocycles. The maximum absolute atomic E-state index is 9.99. The fraction of sp³-hybridized carbons (Fsp3) is 0. The van der Waals surface area contributed by atoms with E-state index in [-0.39, 0.29) is 58.9 Å². The molecule has 3 N–H and O–H groups in total. The second-order valence-electron chi connectivity index (χ2n) is 2.79. The van der Waals surface area contributed by atoms with Gasteiger partial charge in [0.25, 0.3) is 0 Å². The molecule has 0 fully saturated rings. The number of aromatic nitrogens is 4. The second-order valence-corrected chi connectivity index (χ2v) is 2.79. The Balaban J connectivity index is -0.000000125. The van der Waals surface area contributed by atoms with Crippen molar-refractivity contribution in [1.29, 1.82) is 0 Å². The summed E-state index contributed by atoms with van der Waals surface area (Å²) in [4.78, 5) is 20.0. The molecule has 2 rings (SSSR count). The average molecular weight is 535 g/mol. The Hall–Kier alpha value is -1.97.